The Labute approximate surface area is 123 Å². The summed E-state index contributed by atoms with van der Waals surface area (Å²) in [5.74, 6) is -0.307. The monoisotopic (exact) mass is 285 g/mol. The zero-order valence-corrected chi connectivity index (χ0v) is 12.0. The third kappa shape index (κ3) is 4.17. The van der Waals surface area contributed by atoms with Crippen molar-refractivity contribution < 1.29 is 9.59 Å². The zero-order valence-electron chi connectivity index (χ0n) is 12.0. The number of amides is 2. The van der Waals surface area contributed by atoms with Gasteiger partial charge in [-0.15, -0.1) is 0 Å². The molecule has 0 aliphatic rings. The lowest BCUT2D eigenvalue weighted by Gasteiger charge is -2.06. The highest BCUT2D eigenvalue weighted by atomic mass is 16.2. The average molecular weight is 285 g/mol. The Morgan fingerprint density at radius 1 is 1.24 bits per heavy atom. The van der Waals surface area contributed by atoms with Gasteiger partial charge in [-0.1, -0.05) is 0 Å². The Morgan fingerprint density at radius 3 is 2.67 bits per heavy atom. The number of hydrogen-bond acceptors (Lipinski definition) is 3. The van der Waals surface area contributed by atoms with E-state index >= 15 is 0 Å². The van der Waals surface area contributed by atoms with Crippen molar-refractivity contribution in [2.45, 2.75) is 6.92 Å². The molecule has 0 saturated carbocycles. The maximum Gasteiger partial charge on any atom is 0.251 e. The van der Waals surface area contributed by atoms with E-state index in [0.29, 0.717) is 18.7 Å². The van der Waals surface area contributed by atoms with Crippen molar-refractivity contribution in [1.82, 2.24) is 20.4 Å². The average Bonchev–Trinajstić information content (AvgIpc) is 2.90. The number of benzene rings is 1. The molecule has 2 N–H and O–H groups in total. The van der Waals surface area contributed by atoms with Gasteiger partial charge in [0.2, 0.25) is 5.91 Å². The summed E-state index contributed by atoms with van der Waals surface area (Å²) in [6.07, 6.45) is 3.61. The number of carbonyl (C=O) groups excluding carboxylic acids is 2. The second kappa shape index (κ2) is 6.69. The van der Waals surface area contributed by atoms with Gasteiger partial charge in [0.05, 0.1) is 6.20 Å². The maximum atomic E-state index is 12.0. The van der Waals surface area contributed by atoms with Crippen molar-refractivity contribution in [2.24, 2.45) is 7.05 Å². The van der Waals surface area contributed by atoms with Crippen LogP contribution in [0.5, 0.6) is 0 Å². The molecular formula is C15H17N4O2. The zero-order chi connectivity index (χ0) is 15.2. The van der Waals surface area contributed by atoms with E-state index in [1.54, 1.807) is 23.0 Å². The van der Waals surface area contributed by atoms with Crippen LogP contribution in [0.25, 0.3) is 11.1 Å². The van der Waals surface area contributed by atoms with E-state index in [2.05, 4.69) is 21.8 Å². The number of nitrogens with one attached hydrogen (secondary N) is 2. The Balaban J connectivity index is 2.00. The van der Waals surface area contributed by atoms with Gasteiger partial charge in [-0.2, -0.15) is 5.10 Å². The number of hydrogen-bond donors (Lipinski definition) is 2. The van der Waals surface area contributed by atoms with Gasteiger partial charge < -0.3 is 10.6 Å². The molecule has 1 aromatic heterocycles. The molecule has 0 aliphatic heterocycles. The molecule has 1 aromatic carbocycles. The van der Waals surface area contributed by atoms with Crippen molar-refractivity contribution in [2.75, 3.05) is 13.1 Å². The first-order chi connectivity index (χ1) is 10.1. The van der Waals surface area contributed by atoms with Crippen molar-refractivity contribution in [1.29, 1.82) is 0 Å². The van der Waals surface area contributed by atoms with Crippen LogP contribution in [0.1, 0.15) is 17.3 Å². The van der Waals surface area contributed by atoms with Crippen LogP contribution in [-0.4, -0.2) is 34.7 Å². The summed E-state index contributed by atoms with van der Waals surface area (Å²) >= 11 is 0. The van der Waals surface area contributed by atoms with E-state index in [4.69, 9.17) is 0 Å². The summed E-state index contributed by atoms with van der Waals surface area (Å²) in [6.45, 7) is 2.23. The fourth-order valence-corrected chi connectivity index (χ4v) is 1.86. The van der Waals surface area contributed by atoms with Gasteiger partial charge in [0, 0.05) is 44.4 Å². The first kappa shape index (κ1) is 14.8. The minimum absolute atomic E-state index is 0.115. The molecule has 6 heteroatoms. The van der Waals surface area contributed by atoms with E-state index in [1.807, 2.05) is 19.3 Å². The number of rotatable bonds is 5. The molecule has 0 spiro atoms. The van der Waals surface area contributed by atoms with Crippen molar-refractivity contribution in [3.63, 3.8) is 0 Å². The largest absolute Gasteiger partial charge is 0.355 e. The molecule has 1 heterocycles. The van der Waals surface area contributed by atoms with Crippen LogP contribution in [0, 0.1) is 6.07 Å². The normalized spacial score (nSPS) is 10.2. The highest BCUT2D eigenvalue weighted by Crippen LogP contribution is 2.19. The smallest absolute Gasteiger partial charge is 0.251 e. The molecular weight excluding hydrogens is 268 g/mol. The van der Waals surface area contributed by atoms with Crippen LogP contribution in [0.3, 0.4) is 0 Å². The summed E-state index contributed by atoms with van der Waals surface area (Å²) in [4.78, 5) is 22.7. The van der Waals surface area contributed by atoms with E-state index < -0.39 is 0 Å². The first-order valence-corrected chi connectivity index (χ1v) is 6.59. The van der Waals surface area contributed by atoms with E-state index in [0.717, 1.165) is 11.1 Å². The van der Waals surface area contributed by atoms with Crippen LogP contribution in [0.4, 0.5) is 0 Å². The Hall–Kier alpha value is -2.63. The van der Waals surface area contributed by atoms with E-state index in [9.17, 15) is 9.59 Å². The highest BCUT2D eigenvalue weighted by molar-refractivity contribution is 5.95. The summed E-state index contributed by atoms with van der Waals surface area (Å²) in [5, 5.41) is 9.47. The Morgan fingerprint density at radius 2 is 2.00 bits per heavy atom. The Kier molecular flexibility index (Phi) is 4.71. The van der Waals surface area contributed by atoms with Crippen molar-refractivity contribution in [3.05, 3.63) is 42.2 Å². The lowest BCUT2D eigenvalue weighted by Crippen LogP contribution is -2.33. The lowest BCUT2D eigenvalue weighted by molar-refractivity contribution is -0.118. The molecule has 0 atom stereocenters. The molecule has 0 aliphatic carbocycles. The van der Waals surface area contributed by atoms with E-state index in [-0.39, 0.29) is 11.8 Å². The van der Waals surface area contributed by atoms with Gasteiger partial charge in [0.25, 0.3) is 5.91 Å². The minimum Gasteiger partial charge on any atom is -0.355 e. The fraction of sp³-hybridized carbons (Fsp3) is 0.267. The SMILES string of the molecule is CC(=O)NCCNC(=O)c1c[c]cc(-c2cnn(C)c2)c1. The molecule has 1 radical (unpaired) electrons. The third-order valence-electron chi connectivity index (χ3n) is 2.87. The van der Waals surface area contributed by atoms with Gasteiger partial charge in [-0.05, 0) is 29.8 Å². The lowest BCUT2D eigenvalue weighted by atomic mass is 10.1. The minimum atomic E-state index is -0.192. The maximum absolute atomic E-state index is 12.0. The molecule has 21 heavy (non-hydrogen) atoms. The quantitative estimate of drug-likeness (QED) is 0.796. The van der Waals surface area contributed by atoms with Gasteiger partial charge in [0.1, 0.15) is 0 Å². The van der Waals surface area contributed by atoms with Gasteiger partial charge in [-0.25, -0.2) is 0 Å². The molecule has 0 bridgehead atoms. The third-order valence-corrected chi connectivity index (χ3v) is 2.87. The van der Waals surface area contributed by atoms with Crippen LogP contribution in [0.15, 0.2) is 30.6 Å². The second-order valence-corrected chi connectivity index (χ2v) is 4.65. The molecule has 0 fully saturated rings. The molecule has 6 nitrogen and oxygen atoms in total. The predicted molar refractivity (Wildman–Crippen MR) is 78.5 cm³/mol. The summed E-state index contributed by atoms with van der Waals surface area (Å²) in [7, 11) is 1.84. The van der Waals surface area contributed by atoms with Crippen LogP contribution in [0.2, 0.25) is 0 Å². The predicted octanol–water partition coefficient (Wildman–Crippen LogP) is 0.753. The summed E-state index contributed by atoms with van der Waals surface area (Å²) in [6, 6.07) is 8.20. The number of aryl methyl sites for hydroxylation is 1. The Bertz CT molecular complexity index is 649. The molecule has 2 amide bonds. The second-order valence-electron chi connectivity index (χ2n) is 4.65. The van der Waals surface area contributed by atoms with Crippen LogP contribution in [-0.2, 0) is 11.8 Å². The van der Waals surface area contributed by atoms with Crippen molar-refractivity contribution >= 4 is 11.8 Å². The molecule has 2 aromatic rings. The first-order valence-electron chi connectivity index (χ1n) is 6.59. The number of carbonyl (C=O) groups is 2. The van der Waals surface area contributed by atoms with Gasteiger partial charge >= 0.3 is 0 Å². The van der Waals surface area contributed by atoms with E-state index in [1.165, 1.54) is 6.92 Å². The van der Waals surface area contributed by atoms with Crippen LogP contribution >= 0.6 is 0 Å². The standard InChI is InChI=1S/C15H17N4O2/c1-11(20)16-6-7-17-15(21)13-5-3-4-12(8-13)14-9-18-19(2)10-14/h4-5,8-10H,6-7H2,1-2H3,(H,16,20)(H,17,21). The fourth-order valence-electron chi connectivity index (χ4n) is 1.86. The van der Waals surface area contributed by atoms with Gasteiger partial charge in [-0.3, -0.25) is 14.3 Å². The molecule has 109 valence electrons. The molecule has 2 rings (SSSR count). The molecule has 0 saturated heterocycles. The highest BCUT2D eigenvalue weighted by Gasteiger charge is 2.07. The van der Waals surface area contributed by atoms with Crippen LogP contribution < -0.4 is 10.6 Å². The van der Waals surface area contributed by atoms with Crippen molar-refractivity contribution in [3.8, 4) is 11.1 Å². The molecule has 0 unspecified atom stereocenters. The number of nitrogens with zero attached hydrogens (tertiary/aromatic N) is 2. The number of aromatic nitrogens is 2. The van der Waals surface area contributed by atoms with Gasteiger partial charge in [0.15, 0.2) is 0 Å². The summed E-state index contributed by atoms with van der Waals surface area (Å²) < 4.78 is 1.70. The topological polar surface area (TPSA) is 76.0 Å². The summed E-state index contributed by atoms with van der Waals surface area (Å²) in [5.41, 5.74) is 2.35.